The first kappa shape index (κ1) is 23.9. The van der Waals surface area contributed by atoms with Crippen LogP contribution < -0.4 is 15.4 Å². The molecule has 0 spiro atoms. The Morgan fingerprint density at radius 2 is 2.07 bits per heavy atom. The van der Waals surface area contributed by atoms with Crippen LogP contribution in [0.5, 0.6) is 5.88 Å². The second-order valence-electron chi connectivity index (χ2n) is 7.23. The lowest BCUT2D eigenvalue weighted by Gasteiger charge is -2.36. The van der Waals surface area contributed by atoms with Crippen molar-refractivity contribution in [1.29, 1.82) is 0 Å². The molecule has 29 heavy (non-hydrogen) atoms. The summed E-state index contributed by atoms with van der Waals surface area (Å²) in [6, 6.07) is 10.5. The number of aromatic nitrogens is 1. The minimum absolute atomic E-state index is 0. The standard InChI is InChI=1S/C21H31N5OS.HI/c1-16-9-11-26(12-10-16)18(19-7-5-13-28-19)15-24-21(22-2)23-14-17-6-4-8-20(25-17)27-3;/h4-8,13,16,18H,9-12,14-15H2,1-3H3,(H2,22,23,24);1H. The van der Waals surface area contributed by atoms with Gasteiger partial charge in [0.25, 0.3) is 0 Å². The summed E-state index contributed by atoms with van der Waals surface area (Å²) in [5.41, 5.74) is 0.919. The summed E-state index contributed by atoms with van der Waals surface area (Å²) in [7, 11) is 3.43. The highest BCUT2D eigenvalue weighted by atomic mass is 127. The summed E-state index contributed by atoms with van der Waals surface area (Å²) in [5, 5.41) is 9.03. The van der Waals surface area contributed by atoms with Crippen LogP contribution in [-0.4, -0.2) is 49.6 Å². The number of hydrogen-bond donors (Lipinski definition) is 2. The number of nitrogens with one attached hydrogen (secondary N) is 2. The van der Waals surface area contributed by atoms with E-state index >= 15 is 0 Å². The fourth-order valence-electron chi connectivity index (χ4n) is 3.49. The minimum Gasteiger partial charge on any atom is -0.481 e. The molecule has 0 aliphatic carbocycles. The van der Waals surface area contributed by atoms with Gasteiger partial charge in [-0.15, -0.1) is 35.3 Å². The van der Waals surface area contributed by atoms with Gasteiger partial charge in [-0.1, -0.05) is 19.1 Å². The van der Waals surface area contributed by atoms with Crippen molar-refractivity contribution in [1.82, 2.24) is 20.5 Å². The number of halogens is 1. The van der Waals surface area contributed by atoms with Crippen molar-refractivity contribution in [3.05, 3.63) is 46.3 Å². The van der Waals surface area contributed by atoms with Gasteiger partial charge in [-0.3, -0.25) is 9.89 Å². The van der Waals surface area contributed by atoms with Gasteiger partial charge in [0, 0.05) is 24.5 Å². The summed E-state index contributed by atoms with van der Waals surface area (Å²) < 4.78 is 5.19. The highest BCUT2D eigenvalue weighted by Gasteiger charge is 2.25. The van der Waals surface area contributed by atoms with E-state index in [4.69, 9.17) is 4.74 Å². The number of pyridine rings is 1. The van der Waals surface area contributed by atoms with E-state index in [1.807, 2.05) is 29.5 Å². The zero-order valence-corrected chi connectivity index (χ0v) is 20.6. The predicted octanol–water partition coefficient (Wildman–Crippen LogP) is 3.91. The van der Waals surface area contributed by atoms with Crippen LogP contribution in [-0.2, 0) is 6.54 Å². The van der Waals surface area contributed by atoms with Crippen molar-refractivity contribution in [2.45, 2.75) is 32.4 Å². The summed E-state index contributed by atoms with van der Waals surface area (Å²) in [6.07, 6.45) is 2.55. The number of methoxy groups -OCH3 is 1. The molecule has 160 valence electrons. The van der Waals surface area contributed by atoms with Crippen LogP contribution in [0.4, 0.5) is 0 Å². The molecule has 0 radical (unpaired) electrons. The van der Waals surface area contributed by atoms with Crippen molar-refractivity contribution in [2.75, 3.05) is 33.8 Å². The van der Waals surface area contributed by atoms with Crippen LogP contribution in [0.15, 0.2) is 40.7 Å². The average molecular weight is 529 g/mol. The zero-order chi connectivity index (χ0) is 19.8. The molecule has 6 nitrogen and oxygen atoms in total. The van der Waals surface area contributed by atoms with Crippen molar-refractivity contribution >= 4 is 41.3 Å². The van der Waals surface area contributed by atoms with Crippen molar-refractivity contribution in [3.8, 4) is 5.88 Å². The molecule has 3 heterocycles. The number of hydrogen-bond acceptors (Lipinski definition) is 5. The molecular weight excluding hydrogens is 497 g/mol. The SMILES string of the molecule is CN=C(NCc1cccc(OC)n1)NCC(c1cccs1)N1CCC(C)CC1.I. The molecule has 1 unspecified atom stereocenters. The van der Waals surface area contributed by atoms with E-state index in [2.05, 4.69) is 49.9 Å². The van der Waals surface area contributed by atoms with Crippen molar-refractivity contribution in [2.24, 2.45) is 10.9 Å². The quantitative estimate of drug-likeness (QED) is 0.324. The van der Waals surface area contributed by atoms with Gasteiger partial charge in [-0.2, -0.15) is 0 Å². The number of thiophene rings is 1. The van der Waals surface area contributed by atoms with E-state index in [1.54, 1.807) is 14.2 Å². The average Bonchev–Trinajstić information content (AvgIpc) is 3.26. The first-order chi connectivity index (χ1) is 13.7. The molecule has 1 atom stereocenters. The minimum atomic E-state index is 0. The molecule has 2 N–H and O–H groups in total. The Kier molecular flexibility index (Phi) is 10.2. The highest BCUT2D eigenvalue weighted by Crippen LogP contribution is 2.29. The van der Waals surface area contributed by atoms with Crippen LogP contribution in [0.25, 0.3) is 0 Å². The van der Waals surface area contributed by atoms with E-state index in [1.165, 1.54) is 17.7 Å². The largest absolute Gasteiger partial charge is 0.481 e. The molecule has 0 aromatic carbocycles. The number of ether oxygens (including phenoxy) is 1. The van der Waals surface area contributed by atoms with E-state index < -0.39 is 0 Å². The maximum atomic E-state index is 5.19. The summed E-state index contributed by atoms with van der Waals surface area (Å²) in [4.78, 5) is 12.8. The molecule has 1 aliphatic heterocycles. The second kappa shape index (κ2) is 12.3. The van der Waals surface area contributed by atoms with E-state index in [0.29, 0.717) is 18.5 Å². The second-order valence-corrected chi connectivity index (χ2v) is 8.21. The van der Waals surface area contributed by atoms with Gasteiger partial charge >= 0.3 is 0 Å². The highest BCUT2D eigenvalue weighted by molar-refractivity contribution is 14.0. The Morgan fingerprint density at radius 3 is 2.72 bits per heavy atom. The third-order valence-electron chi connectivity index (χ3n) is 5.24. The van der Waals surface area contributed by atoms with Crippen LogP contribution >= 0.6 is 35.3 Å². The van der Waals surface area contributed by atoms with Crippen LogP contribution in [0, 0.1) is 5.92 Å². The zero-order valence-electron chi connectivity index (χ0n) is 17.4. The van der Waals surface area contributed by atoms with Gasteiger partial charge in [-0.25, -0.2) is 4.98 Å². The molecule has 0 saturated carbocycles. The third kappa shape index (κ3) is 7.11. The fourth-order valence-corrected chi connectivity index (χ4v) is 4.35. The third-order valence-corrected chi connectivity index (χ3v) is 6.22. The summed E-state index contributed by atoms with van der Waals surface area (Å²) in [6.45, 7) is 6.10. The van der Waals surface area contributed by atoms with Crippen LogP contribution in [0.2, 0.25) is 0 Å². The Hall–Kier alpha value is -1.39. The number of piperidine rings is 1. The van der Waals surface area contributed by atoms with Crippen molar-refractivity contribution in [3.63, 3.8) is 0 Å². The molecule has 1 saturated heterocycles. The lowest BCUT2D eigenvalue weighted by molar-refractivity contribution is 0.140. The van der Waals surface area contributed by atoms with Gasteiger partial charge in [-0.05, 0) is 49.4 Å². The van der Waals surface area contributed by atoms with E-state index in [-0.39, 0.29) is 24.0 Å². The van der Waals surface area contributed by atoms with Crippen LogP contribution in [0.1, 0.15) is 36.4 Å². The number of nitrogens with zero attached hydrogens (tertiary/aromatic N) is 3. The number of guanidine groups is 1. The van der Waals surface area contributed by atoms with Gasteiger partial charge < -0.3 is 15.4 Å². The van der Waals surface area contributed by atoms with Gasteiger partial charge in [0.1, 0.15) is 0 Å². The molecule has 3 rings (SSSR count). The van der Waals surface area contributed by atoms with Crippen LogP contribution in [0.3, 0.4) is 0 Å². The van der Waals surface area contributed by atoms with Gasteiger partial charge in [0.05, 0.1) is 25.4 Å². The van der Waals surface area contributed by atoms with E-state index in [9.17, 15) is 0 Å². The normalized spacial score (nSPS) is 16.7. The first-order valence-electron chi connectivity index (χ1n) is 9.91. The Morgan fingerprint density at radius 1 is 1.28 bits per heavy atom. The molecule has 2 aromatic rings. The Labute approximate surface area is 195 Å². The Bertz CT molecular complexity index is 747. The molecular formula is C21H32IN5OS. The van der Waals surface area contributed by atoms with Gasteiger partial charge in [0.15, 0.2) is 5.96 Å². The summed E-state index contributed by atoms with van der Waals surface area (Å²) >= 11 is 1.83. The molecule has 8 heteroatoms. The van der Waals surface area contributed by atoms with Gasteiger partial charge in [0.2, 0.25) is 5.88 Å². The monoisotopic (exact) mass is 529 g/mol. The smallest absolute Gasteiger partial charge is 0.213 e. The number of likely N-dealkylation sites (tertiary alicyclic amines) is 1. The number of rotatable bonds is 7. The number of aliphatic imine (C=N–C) groups is 1. The molecule has 0 bridgehead atoms. The Balaban J connectivity index is 0.00000300. The van der Waals surface area contributed by atoms with E-state index in [0.717, 1.165) is 37.2 Å². The molecule has 0 amide bonds. The lowest BCUT2D eigenvalue weighted by Crippen LogP contribution is -2.44. The maximum Gasteiger partial charge on any atom is 0.213 e. The molecule has 2 aromatic heterocycles. The molecule has 1 fully saturated rings. The topological polar surface area (TPSA) is 61.8 Å². The maximum absolute atomic E-state index is 5.19. The molecule has 1 aliphatic rings. The lowest BCUT2D eigenvalue weighted by atomic mass is 9.97. The van der Waals surface area contributed by atoms with Crippen molar-refractivity contribution < 1.29 is 4.74 Å². The fraction of sp³-hybridized carbons (Fsp3) is 0.524. The first-order valence-corrected chi connectivity index (χ1v) is 10.8. The predicted molar refractivity (Wildman–Crippen MR) is 131 cm³/mol. The summed E-state index contributed by atoms with van der Waals surface area (Å²) in [5.74, 6) is 2.24.